The molecule has 0 fully saturated rings. The average molecular weight is 384 g/mol. The highest BCUT2D eigenvalue weighted by Gasteiger charge is 2.26. The van der Waals surface area contributed by atoms with Crippen molar-refractivity contribution in [2.24, 2.45) is 0 Å². The SMILES string of the molecule is CCN(CC)c1ccc(C(=O)O[C@@H](C)C(=O)c2[nH]c(C)c(C(C)=O)c2C)cc1. The number of carbonyl (C=O) groups excluding carboxylic acids is 3. The summed E-state index contributed by atoms with van der Waals surface area (Å²) in [5, 5.41) is 0. The first-order valence-electron chi connectivity index (χ1n) is 9.51. The Morgan fingerprint density at radius 3 is 2.11 bits per heavy atom. The van der Waals surface area contributed by atoms with Crippen LogP contribution in [-0.4, -0.2) is 41.7 Å². The summed E-state index contributed by atoms with van der Waals surface area (Å²) in [6, 6.07) is 7.14. The van der Waals surface area contributed by atoms with Crippen LogP contribution in [0.25, 0.3) is 0 Å². The maximum absolute atomic E-state index is 12.7. The molecule has 0 aliphatic rings. The fourth-order valence-electron chi connectivity index (χ4n) is 3.41. The third-order valence-electron chi connectivity index (χ3n) is 4.92. The fraction of sp³-hybridized carbons (Fsp3) is 0.409. The molecule has 0 saturated carbocycles. The summed E-state index contributed by atoms with van der Waals surface area (Å²) in [5.74, 6) is -1.02. The van der Waals surface area contributed by atoms with E-state index in [0.717, 1.165) is 18.8 Å². The molecular weight excluding hydrogens is 356 g/mol. The number of aromatic amines is 1. The molecule has 0 amide bonds. The minimum atomic E-state index is -0.966. The van der Waals surface area contributed by atoms with Crippen molar-refractivity contribution in [2.75, 3.05) is 18.0 Å². The first-order chi connectivity index (χ1) is 13.2. The molecule has 0 bridgehead atoms. The molecule has 0 aliphatic heterocycles. The van der Waals surface area contributed by atoms with E-state index in [2.05, 4.69) is 23.7 Å². The average Bonchev–Trinajstić information content (AvgIpc) is 2.96. The Morgan fingerprint density at radius 1 is 1.07 bits per heavy atom. The molecule has 2 rings (SSSR count). The van der Waals surface area contributed by atoms with E-state index >= 15 is 0 Å². The van der Waals surface area contributed by atoms with Crippen LogP contribution in [0.1, 0.15) is 70.2 Å². The molecule has 6 heteroatoms. The van der Waals surface area contributed by atoms with Crippen LogP contribution >= 0.6 is 0 Å². The Labute approximate surface area is 165 Å². The summed E-state index contributed by atoms with van der Waals surface area (Å²) < 4.78 is 5.36. The summed E-state index contributed by atoms with van der Waals surface area (Å²) in [6.45, 7) is 12.4. The van der Waals surface area contributed by atoms with E-state index in [4.69, 9.17) is 4.74 Å². The van der Waals surface area contributed by atoms with E-state index < -0.39 is 12.1 Å². The molecular formula is C22H28N2O4. The summed E-state index contributed by atoms with van der Waals surface area (Å²) in [6.07, 6.45) is -0.966. The number of nitrogens with zero attached hydrogens (tertiary/aromatic N) is 1. The molecule has 1 aromatic carbocycles. The fourth-order valence-corrected chi connectivity index (χ4v) is 3.41. The van der Waals surface area contributed by atoms with E-state index in [9.17, 15) is 14.4 Å². The highest BCUT2D eigenvalue weighted by molar-refractivity contribution is 6.05. The van der Waals surface area contributed by atoms with Crippen LogP contribution in [0, 0.1) is 13.8 Å². The van der Waals surface area contributed by atoms with E-state index in [1.165, 1.54) is 13.8 Å². The van der Waals surface area contributed by atoms with Gasteiger partial charge in [-0.05, 0) is 71.4 Å². The van der Waals surface area contributed by atoms with Gasteiger partial charge < -0.3 is 14.6 Å². The van der Waals surface area contributed by atoms with Crippen LogP contribution in [-0.2, 0) is 4.74 Å². The number of aryl methyl sites for hydroxylation is 1. The number of carbonyl (C=O) groups is 3. The quantitative estimate of drug-likeness (QED) is 0.547. The van der Waals surface area contributed by atoms with Gasteiger partial charge in [-0.25, -0.2) is 4.79 Å². The topological polar surface area (TPSA) is 79.5 Å². The molecule has 0 radical (unpaired) electrons. The number of ether oxygens (including phenoxy) is 1. The number of rotatable bonds is 8. The molecule has 6 nitrogen and oxygen atoms in total. The number of nitrogens with one attached hydrogen (secondary N) is 1. The molecule has 0 unspecified atom stereocenters. The van der Waals surface area contributed by atoms with Gasteiger partial charge in [-0.1, -0.05) is 0 Å². The molecule has 1 N–H and O–H groups in total. The number of hydrogen-bond acceptors (Lipinski definition) is 5. The zero-order valence-electron chi connectivity index (χ0n) is 17.4. The molecule has 1 atom stereocenters. The second kappa shape index (κ2) is 8.87. The third-order valence-corrected chi connectivity index (χ3v) is 4.92. The summed E-state index contributed by atoms with van der Waals surface area (Å²) in [4.78, 5) is 42.0. The summed E-state index contributed by atoms with van der Waals surface area (Å²) in [5.41, 5.74) is 3.45. The highest BCUT2D eigenvalue weighted by Crippen LogP contribution is 2.21. The van der Waals surface area contributed by atoms with Crippen LogP contribution in [0.4, 0.5) is 5.69 Å². The Kier molecular flexibility index (Phi) is 6.78. The van der Waals surface area contributed by atoms with Crippen molar-refractivity contribution in [3.63, 3.8) is 0 Å². The Balaban J connectivity index is 2.13. The maximum atomic E-state index is 12.7. The van der Waals surface area contributed by atoms with Gasteiger partial charge in [-0.3, -0.25) is 9.59 Å². The van der Waals surface area contributed by atoms with Crippen molar-refractivity contribution in [1.82, 2.24) is 4.98 Å². The van der Waals surface area contributed by atoms with Crippen molar-refractivity contribution in [3.05, 3.63) is 52.3 Å². The van der Waals surface area contributed by atoms with Crippen LogP contribution in [0.5, 0.6) is 0 Å². The smallest absolute Gasteiger partial charge is 0.338 e. The van der Waals surface area contributed by atoms with Gasteiger partial charge in [0.15, 0.2) is 11.9 Å². The molecule has 0 saturated heterocycles. The van der Waals surface area contributed by atoms with Crippen molar-refractivity contribution < 1.29 is 19.1 Å². The zero-order chi connectivity index (χ0) is 21.0. The lowest BCUT2D eigenvalue weighted by molar-refractivity contribution is 0.0317. The normalized spacial score (nSPS) is 11.8. The molecule has 1 aromatic heterocycles. The maximum Gasteiger partial charge on any atom is 0.338 e. The number of Topliss-reactive ketones (excluding diaryl/α,β-unsaturated/α-hetero) is 2. The monoisotopic (exact) mass is 384 g/mol. The largest absolute Gasteiger partial charge is 0.451 e. The second-order valence-corrected chi connectivity index (χ2v) is 6.81. The molecule has 1 heterocycles. The first kappa shape index (κ1) is 21.4. The van der Waals surface area contributed by atoms with Gasteiger partial charge in [0.25, 0.3) is 0 Å². The molecule has 0 aliphatic carbocycles. The van der Waals surface area contributed by atoms with Gasteiger partial charge in [0.2, 0.25) is 5.78 Å². The van der Waals surface area contributed by atoms with Gasteiger partial charge in [-0.2, -0.15) is 0 Å². The molecule has 0 spiro atoms. The van der Waals surface area contributed by atoms with Crippen molar-refractivity contribution in [3.8, 4) is 0 Å². The number of hydrogen-bond donors (Lipinski definition) is 1. The number of H-pyrrole nitrogens is 1. The Morgan fingerprint density at radius 2 is 1.64 bits per heavy atom. The lowest BCUT2D eigenvalue weighted by atomic mass is 10.0. The Bertz CT molecular complexity index is 877. The summed E-state index contributed by atoms with van der Waals surface area (Å²) in [7, 11) is 0. The van der Waals surface area contributed by atoms with E-state index in [-0.39, 0.29) is 11.6 Å². The highest BCUT2D eigenvalue weighted by atomic mass is 16.5. The third kappa shape index (κ3) is 4.32. The zero-order valence-corrected chi connectivity index (χ0v) is 17.4. The standard InChI is InChI=1S/C22H28N2O4/c1-7-24(8-2)18-11-9-17(10-12-18)22(27)28-16(6)21(26)20-13(3)19(15(5)25)14(4)23-20/h9-12,16,23H,7-8H2,1-6H3/t16-/m0/s1. The predicted octanol–water partition coefficient (Wildman–Crippen LogP) is 4.11. The number of anilines is 1. The van der Waals surface area contributed by atoms with Crippen LogP contribution in [0.3, 0.4) is 0 Å². The number of aromatic nitrogens is 1. The minimum Gasteiger partial charge on any atom is -0.451 e. The van der Waals surface area contributed by atoms with E-state index in [1.807, 2.05) is 12.1 Å². The van der Waals surface area contributed by atoms with E-state index in [0.29, 0.717) is 28.1 Å². The van der Waals surface area contributed by atoms with Gasteiger partial charge in [-0.15, -0.1) is 0 Å². The van der Waals surface area contributed by atoms with Crippen molar-refractivity contribution >= 4 is 23.2 Å². The van der Waals surface area contributed by atoms with Gasteiger partial charge in [0.1, 0.15) is 0 Å². The molecule has 2 aromatic rings. The van der Waals surface area contributed by atoms with Gasteiger partial charge in [0.05, 0.1) is 11.3 Å². The number of benzene rings is 1. The summed E-state index contributed by atoms with van der Waals surface area (Å²) >= 11 is 0. The van der Waals surface area contributed by atoms with Crippen molar-refractivity contribution in [2.45, 2.75) is 47.6 Å². The first-order valence-corrected chi connectivity index (χ1v) is 9.51. The predicted molar refractivity (Wildman–Crippen MR) is 109 cm³/mol. The minimum absolute atomic E-state index is 0.108. The number of ketones is 2. The van der Waals surface area contributed by atoms with Gasteiger partial charge >= 0.3 is 5.97 Å². The van der Waals surface area contributed by atoms with Gasteiger partial charge in [0, 0.05) is 30.0 Å². The Hall–Kier alpha value is -2.89. The number of esters is 1. The van der Waals surface area contributed by atoms with Crippen LogP contribution < -0.4 is 4.90 Å². The molecule has 28 heavy (non-hydrogen) atoms. The van der Waals surface area contributed by atoms with Crippen LogP contribution in [0.15, 0.2) is 24.3 Å². The van der Waals surface area contributed by atoms with E-state index in [1.54, 1.807) is 26.0 Å². The lowest BCUT2D eigenvalue weighted by Gasteiger charge is -2.21. The van der Waals surface area contributed by atoms with Crippen LogP contribution in [0.2, 0.25) is 0 Å². The van der Waals surface area contributed by atoms with Crippen molar-refractivity contribution in [1.29, 1.82) is 0 Å². The second-order valence-electron chi connectivity index (χ2n) is 6.81. The lowest BCUT2D eigenvalue weighted by Crippen LogP contribution is -2.25. The molecule has 150 valence electrons.